The lowest BCUT2D eigenvalue weighted by atomic mass is 9.74. The summed E-state index contributed by atoms with van der Waals surface area (Å²) >= 11 is 0. The molecule has 20 heavy (non-hydrogen) atoms. The van der Waals surface area contributed by atoms with E-state index in [4.69, 9.17) is 0 Å². The molecule has 2 rings (SSSR count). The van der Waals surface area contributed by atoms with Crippen LogP contribution in [0.5, 0.6) is 0 Å². The van der Waals surface area contributed by atoms with Gasteiger partial charge in [-0.25, -0.2) is 0 Å². The maximum atomic E-state index is 11.4. The highest BCUT2D eigenvalue weighted by Crippen LogP contribution is 2.41. The summed E-state index contributed by atoms with van der Waals surface area (Å²) in [5.74, 6) is 0.920. The molecular formula is C17H31NO2. The van der Waals surface area contributed by atoms with Crippen LogP contribution in [0.25, 0.3) is 0 Å². The van der Waals surface area contributed by atoms with Crippen LogP contribution in [-0.4, -0.2) is 34.6 Å². The summed E-state index contributed by atoms with van der Waals surface area (Å²) in [6.07, 6.45) is 9.91. The van der Waals surface area contributed by atoms with Crippen molar-refractivity contribution in [3.05, 3.63) is 0 Å². The fraction of sp³-hybridized carbons (Fsp3) is 0.941. The Bertz CT molecular complexity index is 326. The molecule has 2 atom stereocenters. The molecule has 0 aromatic carbocycles. The van der Waals surface area contributed by atoms with Crippen molar-refractivity contribution in [2.45, 2.75) is 83.2 Å². The van der Waals surface area contributed by atoms with Crippen LogP contribution in [-0.2, 0) is 4.79 Å². The van der Waals surface area contributed by atoms with Crippen LogP contribution in [0.15, 0.2) is 0 Å². The molecule has 1 N–H and O–H groups in total. The molecule has 2 fully saturated rings. The lowest BCUT2D eigenvalue weighted by molar-refractivity contribution is -0.142. The number of aliphatic carboxylic acids is 1. The second kappa shape index (κ2) is 6.46. The second-order valence-corrected chi connectivity index (χ2v) is 7.54. The van der Waals surface area contributed by atoms with Gasteiger partial charge in [0.25, 0.3) is 0 Å². The zero-order chi connectivity index (χ0) is 14.8. The Hall–Kier alpha value is -0.570. The van der Waals surface area contributed by atoms with Gasteiger partial charge in [0.15, 0.2) is 0 Å². The average Bonchev–Trinajstić information content (AvgIpc) is 2.37. The maximum absolute atomic E-state index is 11.4. The quantitative estimate of drug-likeness (QED) is 0.849. The topological polar surface area (TPSA) is 40.5 Å². The van der Waals surface area contributed by atoms with Gasteiger partial charge in [-0.2, -0.15) is 0 Å². The van der Waals surface area contributed by atoms with Crippen LogP contribution in [0.1, 0.15) is 71.6 Å². The van der Waals surface area contributed by atoms with Crippen molar-refractivity contribution in [3.8, 4) is 0 Å². The summed E-state index contributed by atoms with van der Waals surface area (Å²) in [4.78, 5) is 13.8. The van der Waals surface area contributed by atoms with E-state index in [0.717, 1.165) is 24.7 Å². The van der Waals surface area contributed by atoms with Crippen LogP contribution < -0.4 is 0 Å². The van der Waals surface area contributed by atoms with Crippen molar-refractivity contribution in [3.63, 3.8) is 0 Å². The van der Waals surface area contributed by atoms with E-state index >= 15 is 0 Å². The number of nitrogens with zero attached hydrogens (tertiary/aromatic N) is 1. The third-order valence-corrected chi connectivity index (χ3v) is 5.71. The second-order valence-electron chi connectivity index (χ2n) is 7.54. The van der Waals surface area contributed by atoms with Gasteiger partial charge in [-0.15, -0.1) is 0 Å². The molecule has 0 heterocycles. The molecular weight excluding hydrogens is 250 g/mol. The highest BCUT2D eigenvalue weighted by atomic mass is 16.4. The van der Waals surface area contributed by atoms with Gasteiger partial charge in [0.05, 0.1) is 6.42 Å². The molecule has 0 bridgehead atoms. The molecule has 116 valence electrons. The largest absolute Gasteiger partial charge is 0.481 e. The smallest absolute Gasteiger partial charge is 0.305 e. The SMILES string of the molecule is CC1CC(C)CC(N(C)C2(CC(=O)O)CCCCC2)C1. The molecule has 2 saturated carbocycles. The lowest BCUT2D eigenvalue weighted by Gasteiger charge is -2.50. The normalized spacial score (nSPS) is 34.1. The first-order valence-electron chi connectivity index (χ1n) is 8.38. The number of carboxylic acid groups (broad SMARTS) is 1. The molecule has 0 aromatic rings. The van der Waals surface area contributed by atoms with Crippen LogP contribution in [0.4, 0.5) is 0 Å². The Labute approximate surface area is 123 Å². The van der Waals surface area contributed by atoms with Gasteiger partial charge in [0.1, 0.15) is 0 Å². The maximum Gasteiger partial charge on any atom is 0.305 e. The van der Waals surface area contributed by atoms with Crippen LogP contribution >= 0.6 is 0 Å². The predicted molar refractivity (Wildman–Crippen MR) is 81.8 cm³/mol. The molecule has 0 saturated heterocycles. The molecule has 0 aromatic heterocycles. The first-order valence-corrected chi connectivity index (χ1v) is 8.38. The fourth-order valence-electron chi connectivity index (χ4n) is 4.75. The molecule has 0 aliphatic heterocycles. The Morgan fingerprint density at radius 1 is 1.10 bits per heavy atom. The van der Waals surface area contributed by atoms with E-state index in [1.807, 2.05) is 0 Å². The highest BCUT2D eigenvalue weighted by Gasteiger charge is 2.42. The summed E-state index contributed by atoms with van der Waals surface area (Å²) in [6.45, 7) is 4.70. The van der Waals surface area contributed by atoms with E-state index in [9.17, 15) is 9.90 Å². The third kappa shape index (κ3) is 3.55. The molecule has 2 aliphatic carbocycles. The minimum Gasteiger partial charge on any atom is -0.481 e. The molecule has 2 aliphatic rings. The summed E-state index contributed by atoms with van der Waals surface area (Å²) < 4.78 is 0. The summed E-state index contributed by atoms with van der Waals surface area (Å²) in [5.41, 5.74) is -0.0778. The van der Waals surface area contributed by atoms with Gasteiger partial charge in [-0.3, -0.25) is 9.69 Å². The molecule has 0 amide bonds. The van der Waals surface area contributed by atoms with Gasteiger partial charge >= 0.3 is 5.97 Å². The Balaban J connectivity index is 2.12. The summed E-state index contributed by atoms with van der Waals surface area (Å²) in [7, 11) is 2.20. The molecule has 3 nitrogen and oxygen atoms in total. The highest BCUT2D eigenvalue weighted by molar-refractivity contribution is 5.68. The van der Waals surface area contributed by atoms with Gasteiger partial charge in [0, 0.05) is 11.6 Å². The first kappa shape index (κ1) is 15.8. The average molecular weight is 281 g/mol. The first-order chi connectivity index (χ1) is 9.43. The monoisotopic (exact) mass is 281 g/mol. The zero-order valence-corrected chi connectivity index (χ0v) is 13.4. The number of carboxylic acids is 1. The van der Waals surface area contributed by atoms with Gasteiger partial charge in [-0.05, 0) is 51.0 Å². The van der Waals surface area contributed by atoms with E-state index in [1.54, 1.807) is 0 Å². The van der Waals surface area contributed by atoms with E-state index < -0.39 is 5.97 Å². The van der Waals surface area contributed by atoms with Crippen molar-refractivity contribution in [1.82, 2.24) is 4.90 Å². The molecule has 0 spiro atoms. The predicted octanol–water partition coefficient (Wildman–Crippen LogP) is 3.92. The molecule has 2 unspecified atom stereocenters. The Morgan fingerprint density at radius 2 is 1.65 bits per heavy atom. The molecule has 3 heteroatoms. The summed E-state index contributed by atoms with van der Waals surface area (Å²) in [6, 6.07) is 0.575. The Kier molecular flexibility index (Phi) is 5.11. The zero-order valence-electron chi connectivity index (χ0n) is 13.4. The van der Waals surface area contributed by atoms with Gasteiger partial charge in [0.2, 0.25) is 0 Å². The van der Waals surface area contributed by atoms with Crippen molar-refractivity contribution >= 4 is 5.97 Å². The van der Waals surface area contributed by atoms with E-state index in [0.29, 0.717) is 12.5 Å². The van der Waals surface area contributed by atoms with Crippen molar-refractivity contribution < 1.29 is 9.90 Å². The van der Waals surface area contributed by atoms with E-state index in [-0.39, 0.29) is 5.54 Å². The van der Waals surface area contributed by atoms with Crippen molar-refractivity contribution in [1.29, 1.82) is 0 Å². The molecule has 0 radical (unpaired) electrons. The Morgan fingerprint density at radius 3 is 2.15 bits per heavy atom. The minimum absolute atomic E-state index is 0.0778. The minimum atomic E-state index is -0.629. The fourth-order valence-corrected chi connectivity index (χ4v) is 4.75. The van der Waals surface area contributed by atoms with E-state index in [2.05, 4.69) is 25.8 Å². The van der Waals surface area contributed by atoms with Crippen LogP contribution in [0.3, 0.4) is 0 Å². The summed E-state index contributed by atoms with van der Waals surface area (Å²) in [5, 5.41) is 9.36. The number of rotatable bonds is 4. The van der Waals surface area contributed by atoms with E-state index in [1.165, 1.54) is 38.5 Å². The lowest BCUT2D eigenvalue weighted by Crippen LogP contribution is -2.55. The van der Waals surface area contributed by atoms with Gasteiger partial charge in [-0.1, -0.05) is 33.1 Å². The third-order valence-electron chi connectivity index (χ3n) is 5.71. The van der Waals surface area contributed by atoms with Crippen LogP contribution in [0, 0.1) is 11.8 Å². The number of carbonyl (C=O) groups is 1. The van der Waals surface area contributed by atoms with Crippen LogP contribution in [0.2, 0.25) is 0 Å². The van der Waals surface area contributed by atoms with Crippen molar-refractivity contribution in [2.24, 2.45) is 11.8 Å². The number of hydrogen-bond acceptors (Lipinski definition) is 2. The van der Waals surface area contributed by atoms with Gasteiger partial charge < -0.3 is 5.11 Å². The van der Waals surface area contributed by atoms with Crippen molar-refractivity contribution in [2.75, 3.05) is 7.05 Å². The number of hydrogen-bond donors (Lipinski definition) is 1. The standard InChI is InChI=1S/C17H31NO2/c1-13-9-14(2)11-15(10-13)18(3)17(12-16(19)20)7-5-4-6-8-17/h13-15H,4-12H2,1-3H3,(H,19,20).